The minimum Gasteiger partial charge on any atom is -0.496 e. The lowest BCUT2D eigenvalue weighted by Crippen LogP contribution is -2.42. The molecule has 10 nitrogen and oxygen atoms in total. The molecule has 1 saturated heterocycles. The molecule has 186 valence electrons. The summed E-state index contributed by atoms with van der Waals surface area (Å²) in [4.78, 5) is 42.8. The van der Waals surface area contributed by atoms with Crippen LogP contribution in [0.25, 0.3) is 10.8 Å². The molecule has 1 aromatic heterocycles. The number of methoxy groups -OCH3 is 1. The average Bonchev–Trinajstić information content (AvgIpc) is 2.92. The number of piperidine rings is 1. The van der Waals surface area contributed by atoms with E-state index in [-0.39, 0.29) is 43.6 Å². The fourth-order valence-corrected chi connectivity index (χ4v) is 4.55. The van der Waals surface area contributed by atoms with E-state index in [2.05, 4.69) is 26.4 Å². The first kappa shape index (κ1) is 23.5. The number of hydrogen-bond acceptors (Lipinski definition) is 9. The summed E-state index contributed by atoms with van der Waals surface area (Å²) in [6, 6.07) is 8.98. The molecule has 3 heterocycles. The number of amides is 2. The molecule has 0 spiro atoms. The summed E-state index contributed by atoms with van der Waals surface area (Å²) < 4.78 is 16.7. The van der Waals surface area contributed by atoms with E-state index in [4.69, 9.17) is 14.2 Å². The van der Waals surface area contributed by atoms with Gasteiger partial charge in [-0.25, -0.2) is 0 Å². The zero-order valence-electron chi connectivity index (χ0n) is 20.1. The van der Waals surface area contributed by atoms with Crippen molar-refractivity contribution in [2.45, 2.75) is 19.3 Å². The predicted octanol–water partition coefficient (Wildman–Crippen LogP) is 3.26. The minimum atomic E-state index is -0.380. The number of carbonyl (C=O) groups is 2. The van der Waals surface area contributed by atoms with Crippen molar-refractivity contribution in [3.8, 4) is 17.8 Å². The minimum absolute atomic E-state index is 0.0172. The number of hydrogen-bond donors (Lipinski definition) is 0. The van der Waals surface area contributed by atoms with Gasteiger partial charge in [0.05, 0.1) is 13.7 Å². The van der Waals surface area contributed by atoms with Crippen molar-refractivity contribution in [1.29, 1.82) is 0 Å². The van der Waals surface area contributed by atoms with Crippen LogP contribution in [0, 0.1) is 0 Å². The topological polar surface area (TPSA) is 107 Å². The van der Waals surface area contributed by atoms with Crippen molar-refractivity contribution in [2.75, 3.05) is 44.9 Å². The van der Waals surface area contributed by atoms with E-state index in [1.165, 1.54) is 11.3 Å². The van der Waals surface area contributed by atoms with Crippen molar-refractivity contribution in [3.05, 3.63) is 54.1 Å². The Morgan fingerprint density at radius 1 is 0.944 bits per heavy atom. The summed E-state index contributed by atoms with van der Waals surface area (Å²) in [5.74, 6) is 0.337. The Morgan fingerprint density at radius 3 is 2.39 bits per heavy atom. The summed E-state index contributed by atoms with van der Waals surface area (Å²) >= 11 is 0. The Labute approximate surface area is 208 Å². The lowest BCUT2D eigenvalue weighted by molar-refractivity contribution is 0.0584. The highest BCUT2D eigenvalue weighted by molar-refractivity contribution is 6.26. The van der Waals surface area contributed by atoms with E-state index < -0.39 is 0 Å². The number of carbonyl (C=O) groups excluding carboxylic acids is 2. The van der Waals surface area contributed by atoms with Gasteiger partial charge < -0.3 is 19.1 Å². The van der Waals surface area contributed by atoms with Crippen LogP contribution in [0.1, 0.15) is 40.0 Å². The number of ether oxygens (including phenoxy) is 3. The average molecular weight is 490 g/mol. The monoisotopic (exact) mass is 489 g/mol. The number of anilines is 1. The molecule has 3 aromatic rings. The van der Waals surface area contributed by atoms with Crippen LogP contribution in [0.3, 0.4) is 0 Å². The third kappa shape index (κ3) is 4.41. The summed E-state index contributed by atoms with van der Waals surface area (Å²) in [5.41, 5.74) is 0.905. The molecule has 5 rings (SSSR count). The molecular formula is C26H27N5O5. The van der Waals surface area contributed by atoms with Crippen LogP contribution in [0.2, 0.25) is 0 Å². The molecule has 2 amide bonds. The smallest absolute Gasteiger partial charge is 0.324 e. The molecule has 0 bridgehead atoms. The van der Waals surface area contributed by atoms with Crippen molar-refractivity contribution in [2.24, 2.45) is 0 Å². The Hall–Kier alpha value is -4.21. The van der Waals surface area contributed by atoms with Crippen molar-refractivity contribution in [3.63, 3.8) is 0 Å². The highest BCUT2D eigenvalue weighted by Gasteiger charge is 2.33. The third-order valence-electron chi connectivity index (χ3n) is 6.27. The van der Waals surface area contributed by atoms with Gasteiger partial charge in [0.2, 0.25) is 5.95 Å². The lowest BCUT2D eigenvalue weighted by atomic mass is 9.93. The fraction of sp³-hybridized carbons (Fsp3) is 0.346. The van der Waals surface area contributed by atoms with Crippen molar-refractivity contribution < 1.29 is 23.8 Å². The Bertz CT molecular complexity index is 1300. The Morgan fingerprint density at radius 2 is 1.67 bits per heavy atom. The molecule has 0 radical (unpaired) electrons. The molecule has 0 saturated carbocycles. The quantitative estimate of drug-likeness (QED) is 0.331. The van der Waals surface area contributed by atoms with E-state index in [0.29, 0.717) is 28.2 Å². The normalized spacial score (nSPS) is 15.2. The maximum Gasteiger partial charge on any atom is 0.324 e. The molecule has 0 unspecified atom stereocenters. The molecule has 2 aliphatic heterocycles. The third-order valence-corrected chi connectivity index (χ3v) is 6.27. The first-order chi connectivity index (χ1) is 17.6. The highest BCUT2D eigenvalue weighted by atomic mass is 16.5. The van der Waals surface area contributed by atoms with Gasteiger partial charge in [0.1, 0.15) is 19.0 Å². The second kappa shape index (κ2) is 10.2. The zero-order chi connectivity index (χ0) is 25.1. The molecule has 2 aromatic carbocycles. The molecule has 0 aliphatic carbocycles. The molecule has 2 aliphatic rings. The summed E-state index contributed by atoms with van der Waals surface area (Å²) in [5, 5.41) is 1.34. The predicted molar refractivity (Wildman–Crippen MR) is 133 cm³/mol. The van der Waals surface area contributed by atoms with Crippen LogP contribution >= 0.6 is 0 Å². The van der Waals surface area contributed by atoms with Gasteiger partial charge in [0, 0.05) is 35.0 Å². The summed E-state index contributed by atoms with van der Waals surface area (Å²) in [6.45, 7) is 5.64. The van der Waals surface area contributed by atoms with Gasteiger partial charge in [-0.3, -0.25) is 14.5 Å². The van der Waals surface area contributed by atoms with E-state index >= 15 is 0 Å². The highest BCUT2D eigenvalue weighted by Crippen LogP contribution is 2.35. The number of aromatic nitrogens is 3. The van der Waals surface area contributed by atoms with Crippen LogP contribution in [0.5, 0.6) is 17.8 Å². The maximum atomic E-state index is 13.2. The first-order valence-electron chi connectivity index (χ1n) is 11.9. The van der Waals surface area contributed by atoms with E-state index in [9.17, 15) is 9.59 Å². The van der Waals surface area contributed by atoms with Gasteiger partial charge in [-0.2, -0.15) is 9.97 Å². The number of rotatable bonds is 9. The van der Waals surface area contributed by atoms with Crippen LogP contribution in [-0.4, -0.2) is 71.6 Å². The summed E-state index contributed by atoms with van der Waals surface area (Å²) in [6.07, 6.45) is 4.90. The zero-order valence-corrected chi connectivity index (χ0v) is 20.1. The van der Waals surface area contributed by atoms with Gasteiger partial charge >= 0.3 is 12.0 Å². The molecule has 1 fully saturated rings. The van der Waals surface area contributed by atoms with Crippen LogP contribution in [-0.2, 0) is 0 Å². The largest absolute Gasteiger partial charge is 0.496 e. The van der Waals surface area contributed by atoms with Crippen LogP contribution < -0.4 is 19.1 Å². The van der Waals surface area contributed by atoms with E-state index in [1.807, 2.05) is 6.07 Å². The Kier molecular flexibility index (Phi) is 6.66. The van der Waals surface area contributed by atoms with Crippen LogP contribution in [0.15, 0.2) is 43.0 Å². The van der Waals surface area contributed by atoms with Crippen LogP contribution in [0.4, 0.5) is 5.95 Å². The van der Waals surface area contributed by atoms with Crippen molar-refractivity contribution in [1.82, 2.24) is 19.9 Å². The molecule has 36 heavy (non-hydrogen) atoms. The summed E-state index contributed by atoms with van der Waals surface area (Å²) in [7, 11) is 1.56. The Balaban J connectivity index is 1.34. The molecule has 0 N–H and O–H groups in total. The second-order valence-corrected chi connectivity index (χ2v) is 8.50. The number of imide groups is 1. The maximum absolute atomic E-state index is 13.2. The van der Waals surface area contributed by atoms with Gasteiger partial charge in [0.15, 0.2) is 0 Å². The van der Waals surface area contributed by atoms with Crippen molar-refractivity contribution >= 4 is 28.5 Å². The van der Waals surface area contributed by atoms with Gasteiger partial charge in [-0.1, -0.05) is 24.8 Å². The number of benzene rings is 2. The van der Waals surface area contributed by atoms with Gasteiger partial charge in [-0.05, 0) is 37.5 Å². The number of nitrogens with zero attached hydrogens (tertiary/aromatic N) is 5. The SMILES string of the molecule is C=CCOc1nc(OCCN2C(=O)c3cccc4c(OC)ccc(c34)C2=O)nc(N2CCCCC2)n1. The van der Waals surface area contributed by atoms with Gasteiger partial charge in [0.25, 0.3) is 11.8 Å². The first-order valence-corrected chi connectivity index (χ1v) is 11.9. The van der Waals surface area contributed by atoms with E-state index in [1.54, 1.807) is 37.5 Å². The molecule has 0 atom stereocenters. The molecular weight excluding hydrogens is 462 g/mol. The second-order valence-electron chi connectivity index (χ2n) is 8.50. The standard InChI is InChI=1S/C26H27N5O5/c1-3-15-35-25-27-24(30-12-5-4-6-13-30)28-26(29-25)36-16-14-31-22(32)18-9-7-8-17-20(34-2)11-10-19(21(17)18)23(31)33/h3,7-11H,1,4-6,12-16H2,2H3. The molecule has 10 heteroatoms. The lowest BCUT2D eigenvalue weighted by Gasteiger charge is -2.28. The van der Waals surface area contributed by atoms with Gasteiger partial charge in [-0.15, -0.1) is 4.98 Å². The fourth-order valence-electron chi connectivity index (χ4n) is 4.55. The van der Waals surface area contributed by atoms with E-state index in [0.717, 1.165) is 31.3 Å².